The van der Waals surface area contributed by atoms with E-state index in [0.29, 0.717) is 17.9 Å². The summed E-state index contributed by atoms with van der Waals surface area (Å²) in [6.07, 6.45) is 8.90. The molecule has 0 spiro atoms. The summed E-state index contributed by atoms with van der Waals surface area (Å²) in [5.41, 5.74) is 4.20. The molecule has 1 N–H and O–H groups in total. The van der Waals surface area contributed by atoms with Gasteiger partial charge in [0.15, 0.2) is 12.4 Å². The summed E-state index contributed by atoms with van der Waals surface area (Å²) >= 11 is 0. The van der Waals surface area contributed by atoms with Crippen LogP contribution in [0.2, 0.25) is 0 Å². The molecule has 4 rings (SSSR count). The summed E-state index contributed by atoms with van der Waals surface area (Å²) in [7, 11) is 0. The summed E-state index contributed by atoms with van der Waals surface area (Å²) in [6, 6.07) is 7.66. The van der Waals surface area contributed by atoms with Crippen LogP contribution in [-0.2, 0) is 19.8 Å². The minimum atomic E-state index is -0.302. The van der Waals surface area contributed by atoms with Crippen LogP contribution in [0.1, 0.15) is 34.1 Å². The maximum atomic E-state index is 12.5. The van der Waals surface area contributed by atoms with Crippen molar-refractivity contribution in [1.29, 1.82) is 0 Å². The van der Waals surface area contributed by atoms with Gasteiger partial charge in [0, 0.05) is 30.7 Å². The van der Waals surface area contributed by atoms with Gasteiger partial charge in [0.05, 0.1) is 24.6 Å². The molecule has 0 saturated carbocycles. The predicted molar refractivity (Wildman–Crippen MR) is 116 cm³/mol. The monoisotopic (exact) mass is 419 g/mol. The number of aryl methyl sites for hydroxylation is 3. The number of amides is 1. The highest BCUT2D eigenvalue weighted by Gasteiger charge is 2.12. The average Bonchev–Trinajstić information content (AvgIpc) is 3.49. The molecule has 160 valence electrons. The van der Waals surface area contributed by atoms with Crippen molar-refractivity contribution in [3.05, 3.63) is 77.6 Å². The Morgan fingerprint density at radius 1 is 1.06 bits per heavy atom. The van der Waals surface area contributed by atoms with E-state index < -0.39 is 0 Å². The van der Waals surface area contributed by atoms with Crippen molar-refractivity contribution >= 4 is 11.6 Å². The second-order valence-corrected chi connectivity index (χ2v) is 7.37. The number of hydrogen-bond acceptors (Lipinski definition) is 5. The number of hydrogen-bond donors (Lipinski definition) is 1. The molecule has 0 fully saturated rings. The Kier molecular flexibility index (Phi) is 5.83. The lowest BCUT2D eigenvalue weighted by molar-refractivity contribution is 0.102. The van der Waals surface area contributed by atoms with E-state index in [1.165, 1.54) is 5.56 Å². The SMILES string of the molecule is CCn1cc(Cn2cc(NC(=O)c3ccn(COc4ccc(C)cc4C)n3)cn2)cn1. The van der Waals surface area contributed by atoms with Crippen LogP contribution in [0.15, 0.2) is 55.2 Å². The summed E-state index contributed by atoms with van der Waals surface area (Å²) in [6.45, 7) is 7.71. The van der Waals surface area contributed by atoms with Crippen molar-refractivity contribution < 1.29 is 9.53 Å². The molecule has 0 aliphatic heterocycles. The third kappa shape index (κ3) is 5.00. The number of carbonyl (C=O) groups is 1. The van der Waals surface area contributed by atoms with E-state index in [0.717, 1.165) is 23.4 Å². The van der Waals surface area contributed by atoms with Gasteiger partial charge in [0.25, 0.3) is 5.91 Å². The molecule has 4 aromatic rings. The van der Waals surface area contributed by atoms with Crippen molar-refractivity contribution in [3.8, 4) is 5.75 Å². The van der Waals surface area contributed by atoms with E-state index in [2.05, 4.69) is 26.7 Å². The first-order chi connectivity index (χ1) is 15.0. The molecular formula is C22H25N7O2. The topological polar surface area (TPSA) is 91.8 Å². The number of nitrogens with one attached hydrogen (secondary N) is 1. The lowest BCUT2D eigenvalue weighted by Gasteiger charge is -2.09. The van der Waals surface area contributed by atoms with Crippen LogP contribution in [0.25, 0.3) is 0 Å². The molecule has 1 aromatic carbocycles. The van der Waals surface area contributed by atoms with Crippen LogP contribution < -0.4 is 10.1 Å². The van der Waals surface area contributed by atoms with Gasteiger partial charge in [-0.2, -0.15) is 15.3 Å². The van der Waals surface area contributed by atoms with Crippen LogP contribution in [0.5, 0.6) is 5.75 Å². The van der Waals surface area contributed by atoms with Crippen molar-refractivity contribution in [2.75, 3.05) is 5.32 Å². The number of ether oxygens (including phenoxy) is 1. The lowest BCUT2D eigenvalue weighted by atomic mass is 10.1. The van der Waals surface area contributed by atoms with Crippen molar-refractivity contribution in [1.82, 2.24) is 29.3 Å². The Bertz CT molecular complexity index is 1190. The predicted octanol–water partition coefficient (Wildman–Crippen LogP) is 3.25. The van der Waals surface area contributed by atoms with Crippen molar-refractivity contribution in [3.63, 3.8) is 0 Å². The second kappa shape index (κ2) is 8.86. The van der Waals surface area contributed by atoms with Gasteiger partial charge in [-0.05, 0) is 38.5 Å². The standard InChI is InChI=1S/C22H25N7O2/c1-4-27-12-18(10-23-27)13-29-14-19(11-24-29)25-22(30)20-7-8-28(26-20)15-31-21-6-5-16(2)9-17(21)3/h5-12,14H,4,13,15H2,1-3H3,(H,25,30). The molecule has 3 heterocycles. The number of aromatic nitrogens is 6. The highest BCUT2D eigenvalue weighted by molar-refractivity contribution is 6.02. The van der Waals surface area contributed by atoms with E-state index in [9.17, 15) is 4.79 Å². The van der Waals surface area contributed by atoms with Crippen molar-refractivity contribution in [2.24, 2.45) is 0 Å². The van der Waals surface area contributed by atoms with Crippen LogP contribution in [0.4, 0.5) is 5.69 Å². The van der Waals surface area contributed by atoms with Gasteiger partial charge in [-0.1, -0.05) is 17.7 Å². The molecule has 1 amide bonds. The average molecular weight is 419 g/mol. The van der Waals surface area contributed by atoms with Gasteiger partial charge in [-0.3, -0.25) is 14.2 Å². The van der Waals surface area contributed by atoms with Crippen LogP contribution in [-0.4, -0.2) is 35.2 Å². The zero-order valence-corrected chi connectivity index (χ0v) is 17.8. The number of rotatable bonds is 8. The van der Waals surface area contributed by atoms with Crippen molar-refractivity contribution in [2.45, 2.75) is 40.6 Å². The van der Waals surface area contributed by atoms with Crippen LogP contribution in [0.3, 0.4) is 0 Å². The fourth-order valence-electron chi connectivity index (χ4n) is 3.21. The third-order valence-corrected chi connectivity index (χ3v) is 4.80. The molecular weight excluding hydrogens is 394 g/mol. The van der Waals surface area contributed by atoms with Crippen LogP contribution in [0, 0.1) is 13.8 Å². The first kappa shape index (κ1) is 20.4. The Morgan fingerprint density at radius 3 is 2.68 bits per heavy atom. The maximum absolute atomic E-state index is 12.5. The summed E-state index contributed by atoms with van der Waals surface area (Å²) in [4.78, 5) is 12.5. The summed E-state index contributed by atoms with van der Waals surface area (Å²) in [5.74, 6) is 0.493. The van der Waals surface area contributed by atoms with E-state index >= 15 is 0 Å². The fraction of sp³-hybridized carbons (Fsp3) is 0.273. The zero-order valence-electron chi connectivity index (χ0n) is 17.8. The van der Waals surface area contributed by atoms with Gasteiger partial charge >= 0.3 is 0 Å². The Hall–Kier alpha value is -3.88. The van der Waals surface area contributed by atoms with E-state index in [1.54, 1.807) is 34.0 Å². The molecule has 0 bridgehead atoms. The second-order valence-electron chi connectivity index (χ2n) is 7.37. The number of anilines is 1. The van der Waals surface area contributed by atoms with Gasteiger partial charge in [-0.25, -0.2) is 4.68 Å². The molecule has 0 saturated heterocycles. The first-order valence-electron chi connectivity index (χ1n) is 10.1. The Morgan fingerprint density at radius 2 is 1.90 bits per heavy atom. The molecule has 0 aliphatic carbocycles. The molecule has 3 aromatic heterocycles. The molecule has 0 atom stereocenters. The molecule has 0 unspecified atom stereocenters. The number of benzene rings is 1. The fourth-order valence-corrected chi connectivity index (χ4v) is 3.21. The highest BCUT2D eigenvalue weighted by Crippen LogP contribution is 2.19. The molecule has 9 heteroatoms. The van der Waals surface area contributed by atoms with Gasteiger partial charge in [-0.15, -0.1) is 0 Å². The van der Waals surface area contributed by atoms with E-state index in [1.807, 2.05) is 50.0 Å². The number of carbonyl (C=O) groups excluding carboxylic acids is 1. The summed E-state index contributed by atoms with van der Waals surface area (Å²) < 4.78 is 11.0. The van der Waals surface area contributed by atoms with E-state index in [4.69, 9.17) is 4.74 Å². The quantitative estimate of drug-likeness (QED) is 0.473. The molecule has 0 aliphatic rings. The Labute approximate surface area is 180 Å². The molecule has 31 heavy (non-hydrogen) atoms. The van der Waals surface area contributed by atoms with Gasteiger partial charge < -0.3 is 10.1 Å². The highest BCUT2D eigenvalue weighted by atomic mass is 16.5. The smallest absolute Gasteiger partial charge is 0.276 e. The number of nitrogens with zero attached hydrogens (tertiary/aromatic N) is 6. The summed E-state index contributed by atoms with van der Waals surface area (Å²) in [5, 5.41) is 15.7. The Balaban J connectivity index is 1.33. The maximum Gasteiger partial charge on any atom is 0.276 e. The molecule has 0 radical (unpaired) electrons. The van der Waals surface area contributed by atoms with Gasteiger partial charge in [0.1, 0.15) is 5.75 Å². The largest absolute Gasteiger partial charge is 0.471 e. The van der Waals surface area contributed by atoms with E-state index in [-0.39, 0.29) is 12.6 Å². The zero-order chi connectivity index (χ0) is 21.8. The normalized spacial score (nSPS) is 10.9. The first-order valence-corrected chi connectivity index (χ1v) is 10.1. The van der Waals surface area contributed by atoms with Crippen LogP contribution >= 0.6 is 0 Å². The minimum Gasteiger partial charge on any atom is -0.471 e. The lowest BCUT2D eigenvalue weighted by Crippen LogP contribution is -2.14. The minimum absolute atomic E-state index is 0.223. The molecule has 9 nitrogen and oxygen atoms in total. The van der Waals surface area contributed by atoms with Gasteiger partial charge in [0.2, 0.25) is 0 Å². The third-order valence-electron chi connectivity index (χ3n) is 4.80.